The van der Waals surface area contributed by atoms with Gasteiger partial charge in [0.05, 0.1) is 0 Å². The van der Waals surface area contributed by atoms with Crippen molar-refractivity contribution in [3.05, 3.63) is 35.1 Å². The fourth-order valence-corrected chi connectivity index (χ4v) is 1.19. The first-order valence-corrected chi connectivity index (χ1v) is 4.89. The molecule has 1 amide bonds. The maximum absolute atomic E-state index is 12.9. The monoisotopic (exact) mass is 246 g/mol. The molecule has 0 unspecified atom stereocenters. The highest BCUT2D eigenvalue weighted by atomic mass is 35.5. The average Bonchev–Trinajstić information content (AvgIpc) is 2.22. The average molecular weight is 247 g/mol. The van der Waals surface area contributed by atoms with Crippen LogP contribution >= 0.6 is 12.4 Å². The fourth-order valence-electron chi connectivity index (χ4n) is 1.19. The SMILES string of the molecule is Cc1cc(C(=O)NCCCN)ccc1F.Cl. The van der Waals surface area contributed by atoms with E-state index < -0.39 is 0 Å². The summed E-state index contributed by atoms with van der Waals surface area (Å²) in [7, 11) is 0. The zero-order valence-electron chi connectivity index (χ0n) is 9.13. The summed E-state index contributed by atoms with van der Waals surface area (Å²) in [5.74, 6) is -0.486. The highest BCUT2D eigenvalue weighted by molar-refractivity contribution is 5.94. The van der Waals surface area contributed by atoms with Crippen LogP contribution in [-0.2, 0) is 0 Å². The number of carbonyl (C=O) groups is 1. The first-order chi connectivity index (χ1) is 7.15. The number of nitrogens with two attached hydrogens (primary N) is 1. The molecule has 0 heterocycles. The van der Waals surface area contributed by atoms with Gasteiger partial charge in [0.1, 0.15) is 5.82 Å². The van der Waals surface area contributed by atoms with E-state index in [9.17, 15) is 9.18 Å². The Kier molecular flexibility index (Phi) is 6.69. The Morgan fingerprint density at radius 2 is 2.19 bits per heavy atom. The third-order valence-electron chi connectivity index (χ3n) is 2.09. The van der Waals surface area contributed by atoms with E-state index in [1.54, 1.807) is 6.92 Å². The number of amides is 1. The van der Waals surface area contributed by atoms with Gasteiger partial charge in [0.15, 0.2) is 0 Å². The second-order valence-corrected chi connectivity index (χ2v) is 3.36. The Balaban J connectivity index is 0.00000225. The molecule has 0 radical (unpaired) electrons. The van der Waals surface area contributed by atoms with Gasteiger partial charge in [-0.05, 0) is 43.7 Å². The molecule has 3 nitrogen and oxygen atoms in total. The summed E-state index contributed by atoms with van der Waals surface area (Å²) < 4.78 is 12.9. The molecule has 0 aliphatic carbocycles. The Labute approximate surface area is 101 Å². The van der Waals surface area contributed by atoms with E-state index in [1.165, 1.54) is 18.2 Å². The molecule has 5 heteroatoms. The quantitative estimate of drug-likeness (QED) is 0.794. The number of aryl methyl sites for hydroxylation is 1. The number of hydrogen-bond donors (Lipinski definition) is 2. The van der Waals surface area contributed by atoms with Crippen molar-refractivity contribution < 1.29 is 9.18 Å². The lowest BCUT2D eigenvalue weighted by Crippen LogP contribution is -2.26. The molecule has 0 saturated carbocycles. The van der Waals surface area contributed by atoms with Gasteiger partial charge in [-0.3, -0.25) is 4.79 Å². The van der Waals surface area contributed by atoms with Crippen LogP contribution in [0.2, 0.25) is 0 Å². The molecule has 0 aromatic heterocycles. The zero-order chi connectivity index (χ0) is 11.3. The summed E-state index contributed by atoms with van der Waals surface area (Å²) in [5, 5.41) is 2.71. The molecule has 1 rings (SSSR count). The summed E-state index contributed by atoms with van der Waals surface area (Å²) >= 11 is 0. The second kappa shape index (κ2) is 7.19. The van der Waals surface area contributed by atoms with E-state index in [-0.39, 0.29) is 24.1 Å². The van der Waals surface area contributed by atoms with Gasteiger partial charge in [0.2, 0.25) is 0 Å². The van der Waals surface area contributed by atoms with Gasteiger partial charge in [-0.1, -0.05) is 0 Å². The van der Waals surface area contributed by atoms with Crippen LogP contribution in [0.25, 0.3) is 0 Å². The molecule has 0 spiro atoms. The minimum Gasteiger partial charge on any atom is -0.352 e. The molecule has 0 saturated heterocycles. The normalized spacial score (nSPS) is 9.44. The molecule has 0 aliphatic heterocycles. The number of halogens is 2. The van der Waals surface area contributed by atoms with Crippen molar-refractivity contribution in [1.29, 1.82) is 0 Å². The molecule has 1 aromatic rings. The van der Waals surface area contributed by atoms with Gasteiger partial charge >= 0.3 is 0 Å². The van der Waals surface area contributed by atoms with E-state index >= 15 is 0 Å². The van der Waals surface area contributed by atoms with Crippen LogP contribution in [0.3, 0.4) is 0 Å². The lowest BCUT2D eigenvalue weighted by molar-refractivity contribution is 0.0953. The molecular formula is C11H16ClFN2O. The van der Waals surface area contributed by atoms with Crippen LogP contribution in [0.15, 0.2) is 18.2 Å². The summed E-state index contributed by atoms with van der Waals surface area (Å²) in [4.78, 5) is 11.5. The minimum atomic E-state index is -0.298. The number of hydrogen-bond acceptors (Lipinski definition) is 2. The summed E-state index contributed by atoms with van der Waals surface area (Å²) in [6.45, 7) is 2.72. The molecule has 0 bridgehead atoms. The van der Waals surface area contributed by atoms with Crippen molar-refractivity contribution in [3.8, 4) is 0 Å². The topological polar surface area (TPSA) is 55.1 Å². The molecular weight excluding hydrogens is 231 g/mol. The van der Waals surface area contributed by atoms with E-state index in [0.29, 0.717) is 24.2 Å². The van der Waals surface area contributed by atoms with Crippen LogP contribution in [0.4, 0.5) is 4.39 Å². The summed E-state index contributed by atoms with van der Waals surface area (Å²) in [6.07, 6.45) is 0.742. The highest BCUT2D eigenvalue weighted by Gasteiger charge is 2.06. The zero-order valence-corrected chi connectivity index (χ0v) is 9.94. The molecule has 0 aliphatic rings. The number of benzene rings is 1. The minimum absolute atomic E-state index is 0. The van der Waals surface area contributed by atoms with E-state index in [2.05, 4.69) is 5.32 Å². The predicted molar refractivity (Wildman–Crippen MR) is 64.4 cm³/mol. The molecule has 3 N–H and O–H groups in total. The number of rotatable bonds is 4. The second-order valence-electron chi connectivity index (χ2n) is 3.36. The standard InChI is InChI=1S/C11H15FN2O.ClH/c1-8-7-9(3-4-10(8)12)11(15)14-6-2-5-13;/h3-4,7H,2,5-6,13H2,1H3,(H,14,15);1H. The Bertz CT molecular complexity index is 358. The Morgan fingerprint density at radius 1 is 1.50 bits per heavy atom. The fraction of sp³-hybridized carbons (Fsp3) is 0.364. The van der Waals surface area contributed by atoms with Crippen LogP contribution in [0.1, 0.15) is 22.3 Å². The molecule has 0 atom stereocenters. The van der Waals surface area contributed by atoms with Crippen LogP contribution < -0.4 is 11.1 Å². The van der Waals surface area contributed by atoms with Crippen LogP contribution in [-0.4, -0.2) is 19.0 Å². The lowest BCUT2D eigenvalue weighted by Gasteiger charge is -2.05. The third-order valence-corrected chi connectivity index (χ3v) is 2.09. The Morgan fingerprint density at radius 3 is 2.75 bits per heavy atom. The van der Waals surface area contributed by atoms with Gasteiger partial charge in [0.25, 0.3) is 5.91 Å². The highest BCUT2D eigenvalue weighted by Crippen LogP contribution is 2.08. The van der Waals surface area contributed by atoms with Crippen molar-refractivity contribution in [2.24, 2.45) is 5.73 Å². The molecule has 0 fully saturated rings. The van der Waals surface area contributed by atoms with Crippen LogP contribution in [0, 0.1) is 12.7 Å². The van der Waals surface area contributed by atoms with Crippen LogP contribution in [0.5, 0.6) is 0 Å². The van der Waals surface area contributed by atoms with Gasteiger partial charge < -0.3 is 11.1 Å². The molecule has 1 aromatic carbocycles. The largest absolute Gasteiger partial charge is 0.352 e. The third kappa shape index (κ3) is 4.16. The van der Waals surface area contributed by atoms with Gasteiger partial charge in [-0.15, -0.1) is 12.4 Å². The van der Waals surface area contributed by atoms with E-state index in [1.807, 2.05) is 0 Å². The predicted octanol–water partition coefficient (Wildman–Crippen LogP) is 1.63. The maximum atomic E-state index is 12.9. The van der Waals surface area contributed by atoms with Gasteiger partial charge in [-0.2, -0.15) is 0 Å². The van der Waals surface area contributed by atoms with E-state index in [0.717, 1.165) is 6.42 Å². The number of nitrogens with one attached hydrogen (secondary N) is 1. The number of carbonyl (C=O) groups excluding carboxylic acids is 1. The van der Waals surface area contributed by atoms with Crippen molar-refractivity contribution in [2.75, 3.05) is 13.1 Å². The first-order valence-electron chi connectivity index (χ1n) is 4.89. The first kappa shape index (κ1) is 14.9. The summed E-state index contributed by atoms with van der Waals surface area (Å²) in [5.41, 5.74) is 6.25. The van der Waals surface area contributed by atoms with Gasteiger partial charge in [0, 0.05) is 12.1 Å². The van der Waals surface area contributed by atoms with Gasteiger partial charge in [-0.25, -0.2) is 4.39 Å². The molecule has 16 heavy (non-hydrogen) atoms. The van der Waals surface area contributed by atoms with Crippen molar-refractivity contribution in [3.63, 3.8) is 0 Å². The maximum Gasteiger partial charge on any atom is 0.251 e. The van der Waals surface area contributed by atoms with Crippen molar-refractivity contribution in [2.45, 2.75) is 13.3 Å². The van der Waals surface area contributed by atoms with Crippen molar-refractivity contribution in [1.82, 2.24) is 5.32 Å². The van der Waals surface area contributed by atoms with E-state index in [4.69, 9.17) is 5.73 Å². The Hall–Kier alpha value is -1.13. The summed E-state index contributed by atoms with van der Waals surface area (Å²) in [6, 6.07) is 4.31. The van der Waals surface area contributed by atoms with Crippen molar-refractivity contribution >= 4 is 18.3 Å². The lowest BCUT2D eigenvalue weighted by atomic mass is 10.1. The molecule has 90 valence electrons. The smallest absolute Gasteiger partial charge is 0.251 e.